The number of urea groups is 1. The van der Waals surface area contributed by atoms with Gasteiger partial charge in [0.1, 0.15) is 11.1 Å². The summed E-state index contributed by atoms with van der Waals surface area (Å²) in [6.07, 6.45) is 2.07. The van der Waals surface area contributed by atoms with Gasteiger partial charge in [0.2, 0.25) is 0 Å². The number of amides is 3. The van der Waals surface area contributed by atoms with Crippen LogP contribution in [0.15, 0.2) is 0 Å². The van der Waals surface area contributed by atoms with Gasteiger partial charge in [-0.05, 0) is 33.1 Å². The summed E-state index contributed by atoms with van der Waals surface area (Å²) in [5.74, 6) is -1.14. The minimum atomic E-state index is -0.877. The second-order valence-corrected chi connectivity index (χ2v) is 5.68. The van der Waals surface area contributed by atoms with Crippen molar-refractivity contribution in [2.75, 3.05) is 13.1 Å². The molecule has 0 bridgehead atoms. The predicted octanol–water partition coefficient (Wildman–Crippen LogP) is -0.0863. The summed E-state index contributed by atoms with van der Waals surface area (Å²) in [5, 5.41) is 14.7. The Bertz CT molecular complexity index is 429. The number of nitrogens with one attached hydrogen (secondary N) is 2. The van der Waals surface area contributed by atoms with Crippen LogP contribution in [0.3, 0.4) is 0 Å². The second kappa shape index (κ2) is 4.48. The highest BCUT2D eigenvalue weighted by Crippen LogP contribution is 2.31. The molecule has 1 saturated heterocycles. The van der Waals surface area contributed by atoms with Gasteiger partial charge in [0.25, 0.3) is 5.91 Å². The summed E-state index contributed by atoms with van der Waals surface area (Å²) in [7, 11) is 0. The van der Waals surface area contributed by atoms with Gasteiger partial charge in [-0.3, -0.25) is 14.5 Å². The molecule has 2 rings (SSSR count). The van der Waals surface area contributed by atoms with E-state index in [1.807, 2.05) is 0 Å². The van der Waals surface area contributed by atoms with Gasteiger partial charge in [-0.2, -0.15) is 0 Å². The normalized spacial score (nSPS) is 24.0. The lowest BCUT2D eigenvalue weighted by Gasteiger charge is -2.38. The molecule has 1 saturated carbocycles. The van der Waals surface area contributed by atoms with Crippen molar-refractivity contribution >= 4 is 17.9 Å². The Hall–Kier alpha value is -1.63. The van der Waals surface area contributed by atoms with E-state index in [-0.39, 0.29) is 12.5 Å². The van der Waals surface area contributed by atoms with E-state index in [0.717, 1.165) is 11.3 Å². The fourth-order valence-electron chi connectivity index (χ4n) is 2.42. The van der Waals surface area contributed by atoms with E-state index in [0.29, 0.717) is 19.4 Å². The van der Waals surface area contributed by atoms with Crippen molar-refractivity contribution in [1.29, 1.82) is 0 Å². The Morgan fingerprint density at radius 3 is 2.42 bits per heavy atom. The maximum atomic E-state index is 11.9. The van der Waals surface area contributed by atoms with Gasteiger partial charge in [0, 0.05) is 13.1 Å². The molecule has 106 valence electrons. The molecule has 3 amide bonds. The molecule has 2 aliphatic rings. The van der Waals surface area contributed by atoms with Gasteiger partial charge in [-0.15, -0.1) is 0 Å². The minimum Gasteiger partial charge on any atom is -0.480 e. The van der Waals surface area contributed by atoms with Gasteiger partial charge in [0.05, 0.1) is 0 Å². The Labute approximate surface area is 111 Å². The fourth-order valence-corrected chi connectivity index (χ4v) is 2.42. The largest absolute Gasteiger partial charge is 0.480 e. The van der Waals surface area contributed by atoms with Crippen molar-refractivity contribution in [2.45, 2.75) is 44.2 Å². The quantitative estimate of drug-likeness (QED) is 0.606. The van der Waals surface area contributed by atoms with Crippen molar-refractivity contribution in [2.24, 2.45) is 0 Å². The molecule has 2 fully saturated rings. The summed E-state index contributed by atoms with van der Waals surface area (Å²) in [4.78, 5) is 35.8. The molecule has 3 N–H and O–H groups in total. The molecule has 7 nitrogen and oxygen atoms in total. The third-order valence-electron chi connectivity index (χ3n) is 3.86. The minimum absolute atomic E-state index is 0.184. The monoisotopic (exact) mass is 269 g/mol. The fraction of sp³-hybridized carbons (Fsp3) is 0.750. The molecule has 1 aliphatic heterocycles. The summed E-state index contributed by atoms with van der Waals surface area (Å²) in [6, 6.07) is -0.421. The molecular weight excluding hydrogens is 250 g/mol. The van der Waals surface area contributed by atoms with E-state index in [2.05, 4.69) is 10.6 Å². The molecule has 0 aromatic heterocycles. The number of aliphatic carboxylic acids is 1. The lowest BCUT2D eigenvalue weighted by atomic mass is 9.77. The van der Waals surface area contributed by atoms with E-state index < -0.39 is 23.1 Å². The van der Waals surface area contributed by atoms with Crippen LogP contribution in [-0.4, -0.2) is 52.1 Å². The van der Waals surface area contributed by atoms with Crippen molar-refractivity contribution in [3.8, 4) is 0 Å². The van der Waals surface area contributed by atoms with Crippen LogP contribution in [0.25, 0.3) is 0 Å². The zero-order valence-electron chi connectivity index (χ0n) is 11.2. The molecule has 0 radical (unpaired) electrons. The Balaban J connectivity index is 1.88. The highest BCUT2D eigenvalue weighted by atomic mass is 16.4. The number of imide groups is 1. The maximum Gasteiger partial charge on any atom is 0.325 e. The molecular formula is C12H19N3O4. The molecule has 0 unspecified atom stereocenters. The van der Waals surface area contributed by atoms with E-state index in [1.165, 1.54) is 0 Å². The van der Waals surface area contributed by atoms with Crippen molar-refractivity contribution in [3.63, 3.8) is 0 Å². The number of rotatable bonds is 5. The topological polar surface area (TPSA) is 98.7 Å². The Kier molecular flexibility index (Phi) is 3.25. The number of carboxylic acid groups (broad SMARTS) is 1. The highest BCUT2D eigenvalue weighted by molar-refractivity contribution is 6.06. The Morgan fingerprint density at radius 2 is 2.05 bits per heavy atom. The first kappa shape index (κ1) is 13.8. The first-order chi connectivity index (χ1) is 8.78. The van der Waals surface area contributed by atoms with Crippen LogP contribution in [0.5, 0.6) is 0 Å². The van der Waals surface area contributed by atoms with Gasteiger partial charge in [0.15, 0.2) is 0 Å². The van der Waals surface area contributed by atoms with Gasteiger partial charge >= 0.3 is 12.0 Å². The molecule has 0 spiro atoms. The standard InChI is InChI=1S/C12H19N3O4/c1-11(2)8(16)15(10(19)14-11)7-6-13-12(9(17)18)4-3-5-12/h13H,3-7H2,1-2H3,(H,14,19)(H,17,18). The molecule has 7 heteroatoms. The van der Waals surface area contributed by atoms with Crippen molar-refractivity contribution in [3.05, 3.63) is 0 Å². The number of nitrogens with zero attached hydrogens (tertiary/aromatic N) is 1. The first-order valence-corrected chi connectivity index (χ1v) is 6.41. The lowest BCUT2D eigenvalue weighted by molar-refractivity contribution is -0.148. The van der Waals surface area contributed by atoms with Gasteiger partial charge < -0.3 is 15.7 Å². The third-order valence-corrected chi connectivity index (χ3v) is 3.86. The Morgan fingerprint density at radius 1 is 1.42 bits per heavy atom. The zero-order valence-corrected chi connectivity index (χ0v) is 11.2. The third kappa shape index (κ3) is 2.30. The van der Waals surface area contributed by atoms with Crippen LogP contribution < -0.4 is 10.6 Å². The first-order valence-electron chi connectivity index (χ1n) is 6.41. The molecule has 0 atom stereocenters. The molecule has 1 aliphatic carbocycles. The van der Waals surface area contributed by atoms with Gasteiger partial charge in [-0.25, -0.2) is 4.79 Å². The lowest BCUT2D eigenvalue weighted by Crippen LogP contribution is -2.58. The number of carboxylic acids is 1. The smallest absolute Gasteiger partial charge is 0.325 e. The number of hydrogen-bond acceptors (Lipinski definition) is 4. The summed E-state index contributed by atoms with van der Waals surface area (Å²) in [6.45, 7) is 3.77. The molecule has 0 aromatic rings. The molecule has 0 aromatic carbocycles. The number of carbonyl (C=O) groups excluding carboxylic acids is 2. The van der Waals surface area contributed by atoms with E-state index >= 15 is 0 Å². The van der Waals surface area contributed by atoms with E-state index in [4.69, 9.17) is 5.11 Å². The highest BCUT2D eigenvalue weighted by Gasteiger charge is 2.46. The predicted molar refractivity (Wildman–Crippen MR) is 66.5 cm³/mol. The van der Waals surface area contributed by atoms with E-state index in [1.54, 1.807) is 13.8 Å². The SMILES string of the molecule is CC1(C)NC(=O)N(CCNC2(C(=O)O)CCC2)C1=O. The van der Waals surface area contributed by atoms with Crippen LogP contribution in [0.1, 0.15) is 33.1 Å². The maximum absolute atomic E-state index is 11.9. The average Bonchev–Trinajstić information content (AvgIpc) is 2.42. The summed E-state index contributed by atoms with van der Waals surface area (Å²) >= 11 is 0. The van der Waals surface area contributed by atoms with E-state index in [9.17, 15) is 14.4 Å². The second-order valence-electron chi connectivity index (χ2n) is 5.68. The van der Waals surface area contributed by atoms with Crippen LogP contribution in [0.4, 0.5) is 4.79 Å². The van der Waals surface area contributed by atoms with Gasteiger partial charge in [-0.1, -0.05) is 0 Å². The van der Waals surface area contributed by atoms with Crippen LogP contribution in [0.2, 0.25) is 0 Å². The molecule has 19 heavy (non-hydrogen) atoms. The summed E-state index contributed by atoms with van der Waals surface area (Å²) in [5.41, 5.74) is -1.74. The van der Waals surface area contributed by atoms with Crippen molar-refractivity contribution in [1.82, 2.24) is 15.5 Å². The average molecular weight is 269 g/mol. The van der Waals surface area contributed by atoms with Crippen LogP contribution in [-0.2, 0) is 9.59 Å². The summed E-state index contributed by atoms with van der Waals surface area (Å²) < 4.78 is 0. The zero-order chi connectivity index (χ0) is 14.3. The number of hydrogen-bond donors (Lipinski definition) is 3. The van der Waals surface area contributed by atoms with Crippen LogP contribution in [0, 0.1) is 0 Å². The van der Waals surface area contributed by atoms with Crippen molar-refractivity contribution < 1.29 is 19.5 Å². The number of carbonyl (C=O) groups is 3. The molecule has 1 heterocycles. The van der Waals surface area contributed by atoms with Crippen LogP contribution >= 0.6 is 0 Å².